The van der Waals surface area contributed by atoms with Crippen molar-refractivity contribution in [2.24, 2.45) is 0 Å². The smallest absolute Gasteiger partial charge is 0.0161 e. The third-order valence-electron chi connectivity index (χ3n) is 2.64. The molecular formula is C14H23NS. The Hall–Kier alpha value is -0.470. The Morgan fingerprint density at radius 3 is 2.56 bits per heavy atom. The van der Waals surface area contributed by atoms with Crippen molar-refractivity contribution in [3.05, 3.63) is 35.9 Å². The van der Waals surface area contributed by atoms with E-state index in [1.54, 1.807) is 0 Å². The Balaban J connectivity index is 2.31. The molecule has 0 spiro atoms. The molecule has 90 valence electrons. The number of hydrogen-bond donors (Lipinski definition) is 1. The van der Waals surface area contributed by atoms with Gasteiger partial charge in [0.15, 0.2) is 0 Å². The molecule has 1 nitrogen and oxygen atoms in total. The molecule has 0 saturated heterocycles. The molecule has 2 heteroatoms. The van der Waals surface area contributed by atoms with Crippen LogP contribution in [-0.4, -0.2) is 24.1 Å². The molecule has 0 saturated carbocycles. The molecule has 16 heavy (non-hydrogen) atoms. The fourth-order valence-corrected chi connectivity index (χ4v) is 2.58. The zero-order chi connectivity index (χ0) is 11.6. The Labute approximate surface area is 104 Å². The molecule has 1 rings (SSSR count). The normalized spacial score (nSPS) is 12.6. The lowest BCUT2D eigenvalue weighted by Gasteiger charge is -2.17. The Morgan fingerprint density at radius 1 is 1.19 bits per heavy atom. The fraction of sp³-hybridized carbons (Fsp3) is 0.571. The maximum absolute atomic E-state index is 3.57. The van der Waals surface area contributed by atoms with Gasteiger partial charge in [0, 0.05) is 11.8 Å². The first-order valence-electron chi connectivity index (χ1n) is 6.21. The van der Waals surface area contributed by atoms with Gasteiger partial charge in [-0.15, -0.1) is 0 Å². The first kappa shape index (κ1) is 13.6. The third-order valence-corrected chi connectivity index (χ3v) is 3.69. The van der Waals surface area contributed by atoms with Crippen molar-refractivity contribution >= 4 is 11.8 Å². The quantitative estimate of drug-likeness (QED) is 0.744. The summed E-state index contributed by atoms with van der Waals surface area (Å²) in [6, 6.07) is 11.4. The summed E-state index contributed by atoms with van der Waals surface area (Å²) in [5.74, 6) is 2.45. The predicted molar refractivity (Wildman–Crippen MR) is 75.2 cm³/mol. The standard InChI is InChI=1S/C14H23NS/c1-3-15-14(12-16-4-2)11-10-13-8-6-5-7-9-13/h5-9,14-15H,3-4,10-12H2,1-2H3. The monoisotopic (exact) mass is 237 g/mol. The van der Waals surface area contributed by atoms with Gasteiger partial charge >= 0.3 is 0 Å². The molecule has 0 bridgehead atoms. The van der Waals surface area contributed by atoms with Crippen LogP contribution in [0.1, 0.15) is 25.8 Å². The van der Waals surface area contributed by atoms with Gasteiger partial charge in [-0.3, -0.25) is 0 Å². The van der Waals surface area contributed by atoms with E-state index in [4.69, 9.17) is 0 Å². The lowest BCUT2D eigenvalue weighted by Crippen LogP contribution is -2.31. The second-order valence-electron chi connectivity index (χ2n) is 3.94. The van der Waals surface area contributed by atoms with Gasteiger partial charge in [0.1, 0.15) is 0 Å². The van der Waals surface area contributed by atoms with Crippen LogP contribution in [0.15, 0.2) is 30.3 Å². The highest BCUT2D eigenvalue weighted by atomic mass is 32.2. The van der Waals surface area contributed by atoms with Gasteiger partial charge in [-0.05, 0) is 30.7 Å². The molecule has 0 amide bonds. The average Bonchev–Trinajstić information content (AvgIpc) is 2.34. The lowest BCUT2D eigenvalue weighted by atomic mass is 10.1. The summed E-state index contributed by atoms with van der Waals surface area (Å²) in [6.45, 7) is 5.49. The van der Waals surface area contributed by atoms with E-state index >= 15 is 0 Å². The first-order valence-corrected chi connectivity index (χ1v) is 7.37. The summed E-state index contributed by atoms with van der Waals surface area (Å²) in [6.07, 6.45) is 2.42. The van der Waals surface area contributed by atoms with Crippen molar-refractivity contribution in [1.82, 2.24) is 5.32 Å². The molecule has 1 aromatic rings. The molecule has 0 fully saturated rings. The van der Waals surface area contributed by atoms with Crippen molar-refractivity contribution in [3.63, 3.8) is 0 Å². The van der Waals surface area contributed by atoms with Gasteiger partial charge in [0.05, 0.1) is 0 Å². The number of aryl methyl sites for hydroxylation is 1. The zero-order valence-corrected chi connectivity index (χ0v) is 11.2. The van der Waals surface area contributed by atoms with E-state index in [1.165, 1.54) is 29.9 Å². The molecule has 1 N–H and O–H groups in total. The maximum atomic E-state index is 3.57. The maximum Gasteiger partial charge on any atom is 0.0161 e. The highest BCUT2D eigenvalue weighted by Gasteiger charge is 2.06. The van der Waals surface area contributed by atoms with Crippen molar-refractivity contribution in [3.8, 4) is 0 Å². The molecule has 0 radical (unpaired) electrons. The molecule has 0 aliphatic heterocycles. The van der Waals surface area contributed by atoms with Gasteiger partial charge in [0.2, 0.25) is 0 Å². The minimum Gasteiger partial charge on any atom is -0.313 e. The summed E-state index contributed by atoms with van der Waals surface area (Å²) in [7, 11) is 0. The van der Waals surface area contributed by atoms with Crippen LogP contribution >= 0.6 is 11.8 Å². The molecular weight excluding hydrogens is 214 g/mol. The first-order chi connectivity index (χ1) is 7.86. The van der Waals surface area contributed by atoms with Gasteiger partial charge in [-0.25, -0.2) is 0 Å². The SMILES string of the molecule is CCNC(CCc1ccccc1)CSCC. The van der Waals surface area contributed by atoms with Crippen LogP contribution in [0.25, 0.3) is 0 Å². The van der Waals surface area contributed by atoms with Gasteiger partial charge in [-0.2, -0.15) is 11.8 Å². The van der Waals surface area contributed by atoms with Gasteiger partial charge in [-0.1, -0.05) is 44.2 Å². The molecule has 1 aromatic carbocycles. The van der Waals surface area contributed by atoms with Gasteiger partial charge < -0.3 is 5.32 Å². The van der Waals surface area contributed by atoms with Crippen LogP contribution in [0.5, 0.6) is 0 Å². The van der Waals surface area contributed by atoms with Crippen molar-refractivity contribution in [2.45, 2.75) is 32.7 Å². The van der Waals surface area contributed by atoms with Crippen LogP contribution in [0.4, 0.5) is 0 Å². The second-order valence-corrected chi connectivity index (χ2v) is 5.26. The van der Waals surface area contributed by atoms with Crippen LogP contribution in [-0.2, 0) is 6.42 Å². The number of benzene rings is 1. The van der Waals surface area contributed by atoms with Crippen LogP contribution in [0, 0.1) is 0 Å². The van der Waals surface area contributed by atoms with E-state index in [0.717, 1.165) is 6.54 Å². The van der Waals surface area contributed by atoms with E-state index in [0.29, 0.717) is 6.04 Å². The topological polar surface area (TPSA) is 12.0 Å². The van der Waals surface area contributed by atoms with E-state index in [2.05, 4.69) is 49.5 Å². The van der Waals surface area contributed by atoms with E-state index < -0.39 is 0 Å². The minimum absolute atomic E-state index is 0.662. The molecule has 1 unspecified atom stereocenters. The van der Waals surface area contributed by atoms with E-state index in [1.807, 2.05) is 11.8 Å². The summed E-state index contributed by atoms with van der Waals surface area (Å²) >= 11 is 2.03. The summed E-state index contributed by atoms with van der Waals surface area (Å²) in [5.41, 5.74) is 1.45. The van der Waals surface area contributed by atoms with Crippen LogP contribution < -0.4 is 5.32 Å². The summed E-state index contributed by atoms with van der Waals surface area (Å²) in [5, 5.41) is 3.57. The Bertz CT molecular complexity index is 261. The van der Waals surface area contributed by atoms with E-state index in [9.17, 15) is 0 Å². The summed E-state index contributed by atoms with van der Waals surface area (Å²) < 4.78 is 0. The highest BCUT2D eigenvalue weighted by Crippen LogP contribution is 2.09. The number of rotatable bonds is 8. The van der Waals surface area contributed by atoms with Crippen LogP contribution in [0.2, 0.25) is 0 Å². The number of thioether (sulfide) groups is 1. The average molecular weight is 237 g/mol. The minimum atomic E-state index is 0.662. The molecule has 0 aliphatic carbocycles. The lowest BCUT2D eigenvalue weighted by molar-refractivity contribution is 0.537. The number of nitrogens with one attached hydrogen (secondary N) is 1. The fourth-order valence-electron chi connectivity index (χ4n) is 1.78. The molecule has 0 heterocycles. The second kappa shape index (κ2) is 8.66. The van der Waals surface area contributed by atoms with Crippen LogP contribution in [0.3, 0.4) is 0 Å². The Morgan fingerprint density at radius 2 is 1.94 bits per heavy atom. The molecule has 1 atom stereocenters. The Kier molecular flexibility index (Phi) is 7.35. The van der Waals surface area contributed by atoms with Crippen molar-refractivity contribution in [2.75, 3.05) is 18.1 Å². The molecule has 0 aliphatic rings. The third kappa shape index (κ3) is 5.57. The van der Waals surface area contributed by atoms with Gasteiger partial charge in [0.25, 0.3) is 0 Å². The molecule has 0 aromatic heterocycles. The highest BCUT2D eigenvalue weighted by molar-refractivity contribution is 7.99. The largest absolute Gasteiger partial charge is 0.313 e. The number of hydrogen-bond acceptors (Lipinski definition) is 2. The summed E-state index contributed by atoms with van der Waals surface area (Å²) in [4.78, 5) is 0. The van der Waals surface area contributed by atoms with Crippen molar-refractivity contribution < 1.29 is 0 Å². The van der Waals surface area contributed by atoms with Crippen molar-refractivity contribution in [1.29, 1.82) is 0 Å². The predicted octanol–water partition coefficient (Wildman–Crippen LogP) is 3.35. The zero-order valence-electron chi connectivity index (χ0n) is 10.4. The van der Waals surface area contributed by atoms with E-state index in [-0.39, 0.29) is 0 Å².